The number of rotatable bonds is 6. The minimum Gasteiger partial charge on any atom is -0.207 e. The lowest BCUT2D eigenvalue weighted by atomic mass is 10.2. The van der Waals surface area contributed by atoms with Gasteiger partial charge < -0.3 is 0 Å². The Morgan fingerprint density at radius 2 is 1.81 bits per heavy atom. The fourth-order valence-corrected chi connectivity index (χ4v) is 3.83. The van der Waals surface area contributed by atoms with Crippen molar-refractivity contribution in [2.24, 2.45) is 0 Å². The Morgan fingerprint density at radius 3 is 2.38 bits per heavy atom. The predicted molar refractivity (Wildman–Crippen MR) is 83.5 cm³/mol. The number of aryl methyl sites for hydroxylation is 1. The highest BCUT2D eigenvalue weighted by Crippen LogP contribution is 2.18. The quantitative estimate of drug-likeness (QED) is 0.889. The van der Waals surface area contributed by atoms with Crippen LogP contribution in [-0.4, -0.2) is 8.42 Å². The van der Waals surface area contributed by atoms with Crippen molar-refractivity contribution in [1.82, 2.24) is 4.72 Å². The first kappa shape index (κ1) is 15.7. The number of nitriles is 1. The van der Waals surface area contributed by atoms with Gasteiger partial charge in [-0.25, -0.2) is 13.1 Å². The van der Waals surface area contributed by atoms with Gasteiger partial charge in [0.1, 0.15) is 0 Å². The molecule has 6 heteroatoms. The van der Waals surface area contributed by atoms with Gasteiger partial charge >= 0.3 is 0 Å². The van der Waals surface area contributed by atoms with Gasteiger partial charge in [0.25, 0.3) is 0 Å². The molecule has 1 heterocycles. The van der Waals surface area contributed by atoms with Gasteiger partial charge in [0.15, 0.2) is 0 Å². The second-order valence-corrected chi connectivity index (χ2v) is 7.54. The van der Waals surface area contributed by atoms with Gasteiger partial charge in [-0.3, -0.25) is 0 Å². The molecular formula is C15H16N2O2S2. The molecule has 0 aliphatic rings. The highest BCUT2D eigenvalue weighted by molar-refractivity contribution is 7.89. The number of nitrogens with zero attached hydrogens (tertiary/aromatic N) is 1. The zero-order valence-corrected chi connectivity index (χ0v) is 13.3. The van der Waals surface area contributed by atoms with E-state index in [1.54, 1.807) is 23.5 Å². The van der Waals surface area contributed by atoms with Crippen LogP contribution in [0.5, 0.6) is 0 Å². The smallest absolute Gasteiger partial charge is 0.207 e. The molecule has 0 spiro atoms. The normalized spacial score (nSPS) is 11.2. The Morgan fingerprint density at radius 1 is 1.14 bits per heavy atom. The van der Waals surface area contributed by atoms with Crippen LogP contribution in [0.4, 0.5) is 0 Å². The number of nitrogens with one attached hydrogen (secondary N) is 1. The van der Waals surface area contributed by atoms with E-state index in [0.29, 0.717) is 6.54 Å². The van der Waals surface area contributed by atoms with Crippen molar-refractivity contribution < 1.29 is 8.42 Å². The summed E-state index contributed by atoms with van der Waals surface area (Å²) >= 11 is 1.61. The fourth-order valence-electron chi connectivity index (χ4n) is 1.83. The average molecular weight is 320 g/mol. The first-order valence-corrected chi connectivity index (χ1v) is 8.88. The summed E-state index contributed by atoms with van der Waals surface area (Å²) in [4.78, 5) is 2.46. The van der Waals surface area contributed by atoms with Crippen LogP contribution in [0.25, 0.3) is 0 Å². The van der Waals surface area contributed by atoms with E-state index >= 15 is 0 Å². The molecule has 2 aromatic rings. The predicted octanol–water partition coefficient (Wildman–Crippen LogP) is 2.86. The third-order valence-corrected chi connectivity index (χ3v) is 5.67. The van der Waals surface area contributed by atoms with Crippen molar-refractivity contribution >= 4 is 21.4 Å². The van der Waals surface area contributed by atoms with Gasteiger partial charge in [-0.15, -0.1) is 11.3 Å². The molecule has 1 N–H and O–H groups in total. The highest BCUT2D eigenvalue weighted by atomic mass is 32.2. The number of thiophene rings is 1. The van der Waals surface area contributed by atoms with Crippen LogP contribution in [-0.2, 0) is 29.4 Å². The SMILES string of the molecule is CCc1ccc(CNS(=O)(=O)c2ccc(CC#N)cc2)s1. The van der Waals surface area contributed by atoms with Crippen LogP contribution in [0.3, 0.4) is 0 Å². The van der Waals surface area contributed by atoms with Crippen LogP contribution >= 0.6 is 11.3 Å². The molecule has 0 unspecified atom stereocenters. The lowest BCUT2D eigenvalue weighted by Gasteiger charge is -2.06. The molecule has 0 amide bonds. The van der Waals surface area contributed by atoms with Gasteiger partial charge in [0.05, 0.1) is 17.4 Å². The summed E-state index contributed by atoms with van der Waals surface area (Å²) in [6.45, 7) is 2.37. The molecule has 0 aliphatic carbocycles. The van der Waals surface area contributed by atoms with Crippen LogP contribution in [0.1, 0.15) is 22.2 Å². The summed E-state index contributed by atoms with van der Waals surface area (Å²) in [5.74, 6) is 0. The monoisotopic (exact) mass is 320 g/mol. The van der Waals surface area contributed by atoms with Gasteiger partial charge in [0.2, 0.25) is 10.0 Å². The first-order valence-electron chi connectivity index (χ1n) is 6.58. The van der Waals surface area contributed by atoms with E-state index in [2.05, 4.69) is 11.6 Å². The molecule has 110 valence electrons. The molecule has 4 nitrogen and oxygen atoms in total. The van der Waals surface area contributed by atoms with Gasteiger partial charge in [-0.1, -0.05) is 19.1 Å². The van der Waals surface area contributed by atoms with Crippen LogP contribution < -0.4 is 4.72 Å². The summed E-state index contributed by atoms with van der Waals surface area (Å²) in [6.07, 6.45) is 1.24. The van der Waals surface area contributed by atoms with Crippen molar-refractivity contribution in [3.8, 4) is 6.07 Å². The molecule has 1 aromatic carbocycles. The zero-order chi connectivity index (χ0) is 15.3. The maximum absolute atomic E-state index is 12.2. The van der Waals surface area contributed by atoms with E-state index in [1.165, 1.54) is 17.0 Å². The molecule has 2 rings (SSSR count). The Hall–Kier alpha value is -1.68. The number of hydrogen-bond acceptors (Lipinski definition) is 4. The van der Waals surface area contributed by atoms with Gasteiger partial charge in [-0.05, 0) is 36.2 Å². The Balaban J connectivity index is 2.05. The third kappa shape index (κ3) is 4.14. The second kappa shape index (κ2) is 6.85. The van der Waals surface area contributed by atoms with E-state index in [9.17, 15) is 8.42 Å². The third-order valence-electron chi connectivity index (χ3n) is 3.02. The summed E-state index contributed by atoms with van der Waals surface area (Å²) in [5.41, 5.74) is 0.808. The zero-order valence-electron chi connectivity index (χ0n) is 11.7. The number of benzene rings is 1. The Labute approximate surface area is 129 Å². The molecule has 0 saturated carbocycles. The van der Waals surface area contributed by atoms with Crippen LogP contribution in [0.15, 0.2) is 41.3 Å². The number of sulfonamides is 1. The van der Waals surface area contributed by atoms with E-state index in [1.807, 2.05) is 18.2 Å². The second-order valence-electron chi connectivity index (χ2n) is 4.52. The van der Waals surface area contributed by atoms with E-state index in [0.717, 1.165) is 16.9 Å². The van der Waals surface area contributed by atoms with Crippen molar-refractivity contribution in [3.63, 3.8) is 0 Å². The lowest BCUT2D eigenvalue weighted by molar-refractivity contribution is 0.582. The fraction of sp³-hybridized carbons (Fsp3) is 0.267. The number of hydrogen-bond donors (Lipinski definition) is 1. The molecule has 0 bridgehead atoms. The standard InChI is InChI=1S/C15H16N2O2S2/c1-2-13-5-6-14(20-13)11-17-21(18,19)15-7-3-12(4-8-15)9-10-16/h3-8,17H,2,9,11H2,1H3. The summed E-state index contributed by atoms with van der Waals surface area (Å²) in [5, 5.41) is 8.60. The topological polar surface area (TPSA) is 70.0 Å². The van der Waals surface area contributed by atoms with E-state index in [4.69, 9.17) is 5.26 Å². The molecular weight excluding hydrogens is 304 g/mol. The first-order chi connectivity index (χ1) is 10.0. The molecule has 0 radical (unpaired) electrons. The largest absolute Gasteiger partial charge is 0.240 e. The van der Waals surface area contributed by atoms with E-state index in [-0.39, 0.29) is 11.3 Å². The average Bonchev–Trinajstić information content (AvgIpc) is 2.94. The minimum atomic E-state index is -3.51. The Bertz CT molecular complexity index is 741. The molecule has 21 heavy (non-hydrogen) atoms. The summed E-state index contributed by atoms with van der Waals surface area (Å²) < 4.78 is 27.0. The van der Waals surface area contributed by atoms with Crippen molar-refractivity contribution in [2.45, 2.75) is 31.2 Å². The minimum absolute atomic E-state index is 0.219. The van der Waals surface area contributed by atoms with E-state index < -0.39 is 10.0 Å². The van der Waals surface area contributed by atoms with Gasteiger partial charge in [-0.2, -0.15) is 5.26 Å². The summed E-state index contributed by atoms with van der Waals surface area (Å²) in [7, 11) is -3.51. The maximum Gasteiger partial charge on any atom is 0.240 e. The maximum atomic E-state index is 12.2. The van der Waals surface area contributed by atoms with Gasteiger partial charge in [0, 0.05) is 16.3 Å². The summed E-state index contributed by atoms with van der Waals surface area (Å²) in [6, 6.07) is 12.4. The molecule has 0 atom stereocenters. The van der Waals surface area contributed by atoms with Crippen molar-refractivity contribution in [1.29, 1.82) is 5.26 Å². The van der Waals surface area contributed by atoms with Crippen molar-refractivity contribution in [3.05, 3.63) is 51.7 Å². The lowest BCUT2D eigenvalue weighted by Crippen LogP contribution is -2.22. The Kier molecular flexibility index (Phi) is 5.12. The molecule has 1 aromatic heterocycles. The van der Waals surface area contributed by atoms with Crippen LogP contribution in [0.2, 0.25) is 0 Å². The van der Waals surface area contributed by atoms with Crippen LogP contribution in [0, 0.1) is 11.3 Å². The highest BCUT2D eigenvalue weighted by Gasteiger charge is 2.14. The molecule has 0 aliphatic heterocycles. The molecule has 0 saturated heterocycles. The molecule has 0 fully saturated rings. The van der Waals surface area contributed by atoms with Crippen molar-refractivity contribution in [2.75, 3.05) is 0 Å².